The Labute approximate surface area is 198 Å². The van der Waals surface area contributed by atoms with Crippen LogP contribution in [0.4, 0.5) is 4.39 Å². The van der Waals surface area contributed by atoms with Crippen molar-refractivity contribution in [2.24, 2.45) is 5.10 Å². The second-order valence-corrected chi connectivity index (χ2v) is 7.41. The van der Waals surface area contributed by atoms with Gasteiger partial charge in [0.1, 0.15) is 11.6 Å². The van der Waals surface area contributed by atoms with Crippen LogP contribution in [0.15, 0.2) is 71.8 Å². The van der Waals surface area contributed by atoms with Gasteiger partial charge in [0, 0.05) is 10.6 Å². The predicted molar refractivity (Wildman–Crippen MR) is 122 cm³/mol. The fourth-order valence-electron chi connectivity index (χ4n) is 2.56. The van der Waals surface area contributed by atoms with Gasteiger partial charge >= 0.3 is 5.97 Å². The molecule has 0 unspecified atom stereocenters. The molecule has 0 fully saturated rings. The first-order valence-electron chi connectivity index (χ1n) is 9.45. The van der Waals surface area contributed by atoms with E-state index in [1.165, 1.54) is 42.6 Å². The smallest absolute Gasteiger partial charge is 0.345 e. The highest BCUT2D eigenvalue weighted by Crippen LogP contribution is 2.23. The molecule has 0 aliphatic rings. The van der Waals surface area contributed by atoms with Gasteiger partial charge in [0.05, 0.1) is 23.3 Å². The van der Waals surface area contributed by atoms with Gasteiger partial charge in [-0.15, -0.1) is 0 Å². The minimum Gasteiger partial charge on any atom is -0.423 e. The standard InChI is InChI=1S/C23H16Cl2FN3O4/c24-16-6-9-19(20(25)11-16)23(32)33-18-3-1-2-14(10-18)12-28-29-21(30)13-27-22(31)15-4-7-17(26)8-5-15/h1-12H,13H2,(H,27,31)(H,29,30). The molecular weight excluding hydrogens is 472 g/mol. The highest BCUT2D eigenvalue weighted by molar-refractivity contribution is 6.36. The Morgan fingerprint density at radius 1 is 1.00 bits per heavy atom. The summed E-state index contributed by atoms with van der Waals surface area (Å²) in [5, 5.41) is 6.76. The molecule has 7 nitrogen and oxygen atoms in total. The lowest BCUT2D eigenvalue weighted by Crippen LogP contribution is -2.34. The van der Waals surface area contributed by atoms with E-state index in [9.17, 15) is 18.8 Å². The summed E-state index contributed by atoms with van der Waals surface area (Å²) in [6.07, 6.45) is 1.34. The Bertz CT molecular complexity index is 1220. The molecule has 2 N–H and O–H groups in total. The van der Waals surface area contributed by atoms with E-state index in [1.54, 1.807) is 18.2 Å². The molecule has 0 aliphatic heterocycles. The minimum absolute atomic E-state index is 0.162. The number of amides is 2. The molecular formula is C23H16Cl2FN3O4. The SMILES string of the molecule is O=C(CNC(=O)c1ccc(F)cc1)NN=Cc1cccc(OC(=O)c2ccc(Cl)cc2Cl)c1. The first kappa shape index (κ1) is 23.9. The van der Waals surface area contributed by atoms with Crippen LogP contribution in [0.2, 0.25) is 10.0 Å². The highest BCUT2D eigenvalue weighted by Gasteiger charge is 2.13. The van der Waals surface area contributed by atoms with Crippen molar-refractivity contribution in [3.05, 3.63) is 99.3 Å². The van der Waals surface area contributed by atoms with Gasteiger partial charge in [-0.2, -0.15) is 5.10 Å². The number of ether oxygens (including phenoxy) is 1. The number of carbonyl (C=O) groups is 3. The van der Waals surface area contributed by atoms with Crippen molar-refractivity contribution in [1.29, 1.82) is 0 Å². The topological polar surface area (TPSA) is 96.9 Å². The Balaban J connectivity index is 1.51. The second kappa shape index (κ2) is 11.2. The lowest BCUT2D eigenvalue weighted by molar-refractivity contribution is -0.120. The lowest BCUT2D eigenvalue weighted by Gasteiger charge is -2.07. The number of halogens is 3. The number of hydrogen-bond donors (Lipinski definition) is 2. The van der Waals surface area contributed by atoms with Gasteiger partial charge < -0.3 is 10.1 Å². The average Bonchev–Trinajstić information content (AvgIpc) is 2.78. The Hall–Kier alpha value is -3.75. The monoisotopic (exact) mass is 487 g/mol. The van der Waals surface area contributed by atoms with Gasteiger partial charge in [-0.05, 0) is 60.2 Å². The van der Waals surface area contributed by atoms with E-state index in [4.69, 9.17) is 27.9 Å². The summed E-state index contributed by atoms with van der Waals surface area (Å²) in [5.41, 5.74) is 3.19. The van der Waals surface area contributed by atoms with E-state index in [1.807, 2.05) is 0 Å². The van der Waals surface area contributed by atoms with Crippen LogP contribution in [0.5, 0.6) is 5.75 Å². The molecule has 3 aromatic carbocycles. The van der Waals surface area contributed by atoms with Crippen LogP contribution in [0.25, 0.3) is 0 Å². The van der Waals surface area contributed by atoms with Crippen LogP contribution >= 0.6 is 23.2 Å². The number of benzene rings is 3. The molecule has 0 bridgehead atoms. The van der Waals surface area contributed by atoms with Gasteiger partial charge in [0.15, 0.2) is 0 Å². The molecule has 33 heavy (non-hydrogen) atoms. The van der Waals surface area contributed by atoms with E-state index < -0.39 is 23.6 Å². The number of nitrogens with one attached hydrogen (secondary N) is 2. The number of hydrogen-bond acceptors (Lipinski definition) is 5. The van der Waals surface area contributed by atoms with E-state index in [0.717, 1.165) is 12.1 Å². The van der Waals surface area contributed by atoms with E-state index >= 15 is 0 Å². The zero-order valence-electron chi connectivity index (χ0n) is 16.8. The van der Waals surface area contributed by atoms with E-state index in [2.05, 4.69) is 15.8 Å². The normalized spacial score (nSPS) is 10.6. The molecule has 0 radical (unpaired) electrons. The number of nitrogens with zero attached hydrogens (tertiary/aromatic N) is 1. The summed E-state index contributed by atoms with van der Waals surface area (Å²) in [4.78, 5) is 36.1. The third-order valence-electron chi connectivity index (χ3n) is 4.14. The Morgan fingerprint density at radius 3 is 2.48 bits per heavy atom. The fraction of sp³-hybridized carbons (Fsp3) is 0.0435. The summed E-state index contributed by atoms with van der Waals surface area (Å²) in [6.45, 7) is -0.326. The van der Waals surface area contributed by atoms with Crippen molar-refractivity contribution in [3.63, 3.8) is 0 Å². The van der Waals surface area contributed by atoms with Crippen molar-refractivity contribution in [1.82, 2.24) is 10.7 Å². The molecule has 0 saturated carbocycles. The maximum absolute atomic E-state index is 12.9. The van der Waals surface area contributed by atoms with Gasteiger partial charge in [-0.1, -0.05) is 35.3 Å². The average molecular weight is 488 g/mol. The summed E-state index contributed by atoms with van der Waals surface area (Å²) < 4.78 is 18.2. The van der Waals surface area contributed by atoms with Crippen LogP contribution in [-0.4, -0.2) is 30.5 Å². The first-order valence-corrected chi connectivity index (χ1v) is 10.2. The summed E-state index contributed by atoms with van der Waals surface area (Å²) in [7, 11) is 0. The highest BCUT2D eigenvalue weighted by atomic mass is 35.5. The molecule has 0 saturated heterocycles. The number of hydrazone groups is 1. The Morgan fingerprint density at radius 2 is 1.76 bits per heavy atom. The molecule has 168 valence electrons. The molecule has 0 aromatic heterocycles. The molecule has 0 aliphatic carbocycles. The molecule has 0 atom stereocenters. The van der Waals surface area contributed by atoms with E-state index in [-0.39, 0.29) is 28.4 Å². The number of rotatable bonds is 7. The lowest BCUT2D eigenvalue weighted by atomic mass is 10.2. The number of esters is 1. The van der Waals surface area contributed by atoms with Gasteiger partial charge in [0.25, 0.3) is 11.8 Å². The summed E-state index contributed by atoms with van der Waals surface area (Å²) in [6, 6.07) is 15.8. The van der Waals surface area contributed by atoms with Gasteiger partial charge in [-0.25, -0.2) is 14.6 Å². The summed E-state index contributed by atoms with van der Waals surface area (Å²) in [5.74, 6) is -1.97. The first-order chi connectivity index (χ1) is 15.8. The van der Waals surface area contributed by atoms with Crippen LogP contribution in [0.1, 0.15) is 26.3 Å². The van der Waals surface area contributed by atoms with Crippen LogP contribution < -0.4 is 15.5 Å². The van der Waals surface area contributed by atoms with Crippen molar-refractivity contribution >= 4 is 47.2 Å². The molecule has 3 aromatic rings. The molecule has 0 heterocycles. The van der Waals surface area contributed by atoms with Crippen molar-refractivity contribution in [2.45, 2.75) is 0 Å². The molecule has 3 rings (SSSR count). The van der Waals surface area contributed by atoms with E-state index in [0.29, 0.717) is 10.6 Å². The predicted octanol–water partition coefficient (Wildman–Crippen LogP) is 4.23. The zero-order valence-corrected chi connectivity index (χ0v) is 18.4. The maximum Gasteiger partial charge on any atom is 0.345 e. The third kappa shape index (κ3) is 7.13. The molecule has 10 heteroatoms. The van der Waals surface area contributed by atoms with Gasteiger partial charge in [0.2, 0.25) is 0 Å². The fourth-order valence-corrected chi connectivity index (χ4v) is 3.04. The van der Waals surface area contributed by atoms with Crippen molar-refractivity contribution in [2.75, 3.05) is 6.54 Å². The van der Waals surface area contributed by atoms with Crippen molar-refractivity contribution in [3.8, 4) is 5.75 Å². The maximum atomic E-state index is 12.9. The minimum atomic E-state index is -0.657. The number of carbonyl (C=O) groups excluding carboxylic acids is 3. The quantitative estimate of drug-likeness (QED) is 0.225. The Kier molecular flexibility index (Phi) is 8.12. The zero-order chi connectivity index (χ0) is 23.8. The molecule has 0 spiro atoms. The van der Waals surface area contributed by atoms with Gasteiger partial charge in [-0.3, -0.25) is 9.59 Å². The molecule has 2 amide bonds. The van der Waals surface area contributed by atoms with Crippen LogP contribution in [0.3, 0.4) is 0 Å². The largest absolute Gasteiger partial charge is 0.423 e. The van der Waals surface area contributed by atoms with Crippen LogP contribution in [-0.2, 0) is 4.79 Å². The summed E-state index contributed by atoms with van der Waals surface area (Å²) >= 11 is 11.8. The van der Waals surface area contributed by atoms with Crippen LogP contribution in [0, 0.1) is 5.82 Å². The van der Waals surface area contributed by atoms with Crippen molar-refractivity contribution < 1.29 is 23.5 Å². The second-order valence-electron chi connectivity index (χ2n) is 6.57. The third-order valence-corrected chi connectivity index (χ3v) is 4.69.